The highest BCUT2D eigenvalue weighted by molar-refractivity contribution is 6.30. The van der Waals surface area contributed by atoms with Crippen molar-refractivity contribution in [3.05, 3.63) is 65.0 Å². The van der Waals surface area contributed by atoms with Crippen molar-refractivity contribution in [3.63, 3.8) is 0 Å². The van der Waals surface area contributed by atoms with E-state index in [0.29, 0.717) is 21.8 Å². The molecule has 0 bridgehead atoms. The van der Waals surface area contributed by atoms with Gasteiger partial charge in [0, 0.05) is 21.8 Å². The summed E-state index contributed by atoms with van der Waals surface area (Å²) in [6.07, 6.45) is 0. The first-order chi connectivity index (χ1) is 11.5. The molecule has 0 aliphatic carbocycles. The number of Topliss-reactive ketones (excluding diaryl/α,β-unsaturated/α-hetero) is 1. The fourth-order valence-corrected chi connectivity index (χ4v) is 2.24. The molecule has 1 amide bonds. The normalized spacial score (nSPS) is 10.4. The lowest BCUT2D eigenvalue weighted by molar-refractivity contribution is 0.0987. The van der Waals surface area contributed by atoms with Crippen molar-refractivity contribution in [2.24, 2.45) is 0 Å². The summed E-state index contributed by atoms with van der Waals surface area (Å²) in [6.45, 7) is 1.45. The van der Waals surface area contributed by atoms with Crippen molar-refractivity contribution >= 4 is 29.0 Å². The van der Waals surface area contributed by atoms with E-state index >= 15 is 0 Å². The Hall–Kier alpha value is -2.99. The largest absolute Gasteiger partial charge is 0.412 e. The number of carbonyl (C=O) groups excluding carboxylic acids is 2. The zero-order valence-corrected chi connectivity index (χ0v) is 13.4. The van der Waals surface area contributed by atoms with Crippen LogP contribution in [0.3, 0.4) is 0 Å². The zero-order chi connectivity index (χ0) is 17.1. The number of carbonyl (C=O) groups is 2. The molecule has 0 atom stereocenters. The van der Waals surface area contributed by atoms with Crippen molar-refractivity contribution in [1.29, 1.82) is 0 Å². The SMILES string of the molecule is CC(=O)c1cccc(NC(=O)c2nnc(-c3cccc(Cl)c3)o2)c1. The van der Waals surface area contributed by atoms with E-state index in [0.717, 1.165) is 0 Å². The first-order valence-electron chi connectivity index (χ1n) is 7.05. The fraction of sp³-hybridized carbons (Fsp3) is 0.0588. The monoisotopic (exact) mass is 341 g/mol. The Morgan fingerprint density at radius 1 is 1.08 bits per heavy atom. The van der Waals surface area contributed by atoms with Gasteiger partial charge >= 0.3 is 11.8 Å². The van der Waals surface area contributed by atoms with Gasteiger partial charge in [0.2, 0.25) is 5.89 Å². The Balaban J connectivity index is 1.79. The average molecular weight is 342 g/mol. The van der Waals surface area contributed by atoms with Gasteiger partial charge in [0.1, 0.15) is 0 Å². The molecule has 0 saturated heterocycles. The summed E-state index contributed by atoms with van der Waals surface area (Å²) in [5, 5.41) is 10.7. The van der Waals surface area contributed by atoms with Crippen LogP contribution in [0, 0.1) is 0 Å². The van der Waals surface area contributed by atoms with Crippen LogP contribution in [0.25, 0.3) is 11.5 Å². The number of aromatic nitrogens is 2. The molecule has 0 aliphatic heterocycles. The van der Waals surface area contributed by atoms with Crippen molar-refractivity contribution in [1.82, 2.24) is 10.2 Å². The number of rotatable bonds is 4. The summed E-state index contributed by atoms with van der Waals surface area (Å²) in [4.78, 5) is 23.6. The molecule has 120 valence electrons. The molecule has 3 aromatic rings. The van der Waals surface area contributed by atoms with Crippen LogP contribution in [0.15, 0.2) is 52.9 Å². The highest BCUT2D eigenvalue weighted by atomic mass is 35.5. The molecule has 24 heavy (non-hydrogen) atoms. The van der Waals surface area contributed by atoms with Crippen LogP contribution in [-0.2, 0) is 0 Å². The van der Waals surface area contributed by atoms with Crippen LogP contribution in [-0.4, -0.2) is 21.9 Å². The maximum atomic E-state index is 12.2. The third kappa shape index (κ3) is 3.49. The quantitative estimate of drug-likeness (QED) is 0.728. The van der Waals surface area contributed by atoms with Crippen LogP contribution in [0.5, 0.6) is 0 Å². The van der Waals surface area contributed by atoms with Crippen molar-refractivity contribution < 1.29 is 14.0 Å². The van der Waals surface area contributed by atoms with Crippen molar-refractivity contribution in [2.45, 2.75) is 6.92 Å². The van der Waals surface area contributed by atoms with Gasteiger partial charge in [-0.1, -0.05) is 29.8 Å². The molecule has 0 saturated carbocycles. The second kappa shape index (κ2) is 6.64. The Bertz CT molecular complexity index is 921. The van der Waals surface area contributed by atoms with Gasteiger partial charge in [0.15, 0.2) is 5.78 Å². The number of benzene rings is 2. The molecular formula is C17H12ClN3O3. The standard InChI is InChI=1S/C17H12ClN3O3/c1-10(22)11-4-3-7-14(9-11)19-15(23)17-21-20-16(24-17)12-5-2-6-13(18)8-12/h2-9H,1H3,(H,19,23). The molecule has 3 rings (SSSR count). The maximum absolute atomic E-state index is 12.2. The summed E-state index contributed by atoms with van der Waals surface area (Å²) in [5.74, 6) is -0.637. The predicted octanol–water partition coefficient (Wildman–Crippen LogP) is 3.84. The smallest absolute Gasteiger partial charge is 0.313 e. The second-order valence-electron chi connectivity index (χ2n) is 5.01. The molecule has 0 aliphatic rings. The summed E-state index contributed by atoms with van der Waals surface area (Å²) in [6, 6.07) is 13.5. The van der Waals surface area contributed by atoms with Crippen LogP contribution < -0.4 is 5.32 Å². The van der Waals surface area contributed by atoms with Gasteiger partial charge in [0.25, 0.3) is 0 Å². The first-order valence-corrected chi connectivity index (χ1v) is 7.42. The van der Waals surface area contributed by atoms with E-state index < -0.39 is 5.91 Å². The summed E-state index contributed by atoms with van der Waals surface area (Å²) in [7, 11) is 0. The van der Waals surface area contributed by atoms with E-state index in [2.05, 4.69) is 15.5 Å². The highest BCUT2D eigenvalue weighted by Crippen LogP contribution is 2.21. The molecule has 0 spiro atoms. The van der Waals surface area contributed by atoms with E-state index in [9.17, 15) is 9.59 Å². The number of amides is 1. The molecule has 1 heterocycles. The number of anilines is 1. The van der Waals surface area contributed by atoms with Gasteiger partial charge in [-0.25, -0.2) is 0 Å². The van der Waals surface area contributed by atoms with Gasteiger partial charge in [-0.05, 0) is 37.3 Å². The lowest BCUT2D eigenvalue weighted by Gasteiger charge is -2.03. The lowest BCUT2D eigenvalue weighted by Crippen LogP contribution is -2.12. The van der Waals surface area contributed by atoms with E-state index in [4.69, 9.17) is 16.0 Å². The third-order valence-electron chi connectivity index (χ3n) is 3.22. The molecule has 0 unspecified atom stereocenters. The van der Waals surface area contributed by atoms with Gasteiger partial charge < -0.3 is 9.73 Å². The van der Waals surface area contributed by atoms with Gasteiger partial charge in [-0.3, -0.25) is 9.59 Å². The second-order valence-corrected chi connectivity index (χ2v) is 5.45. The molecule has 1 N–H and O–H groups in total. The predicted molar refractivity (Wildman–Crippen MR) is 89.1 cm³/mol. The highest BCUT2D eigenvalue weighted by Gasteiger charge is 2.16. The Labute approximate surface area is 142 Å². The van der Waals surface area contributed by atoms with E-state index in [1.54, 1.807) is 48.5 Å². The maximum Gasteiger partial charge on any atom is 0.313 e. The Kier molecular flexibility index (Phi) is 4.39. The fourth-order valence-electron chi connectivity index (χ4n) is 2.05. The number of nitrogens with zero attached hydrogens (tertiary/aromatic N) is 2. The summed E-state index contributed by atoms with van der Waals surface area (Å²) >= 11 is 5.92. The minimum atomic E-state index is -0.559. The van der Waals surface area contributed by atoms with Crippen molar-refractivity contribution in [3.8, 4) is 11.5 Å². The van der Waals surface area contributed by atoms with Crippen LogP contribution in [0.4, 0.5) is 5.69 Å². The molecular weight excluding hydrogens is 330 g/mol. The number of nitrogens with one attached hydrogen (secondary N) is 1. The van der Waals surface area contributed by atoms with Gasteiger partial charge in [-0.2, -0.15) is 0 Å². The molecule has 7 heteroatoms. The van der Waals surface area contributed by atoms with Crippen molar-refractivity contribution in [2.75, 3.05) is 5.32 Å². The molecule has 6 nitrogen and oxygen atoms in total. The Morgan fingerprint density at radius 3 is 2.62 bits per heavy atom. The summed E-state index contributed by atoms with van der Waals surface area (Å²) in [5.41, 5.74) is 1.58. The minimum absolute atomic E-state index is 0.0906. The van der Waals surface area contributed by atoms with Gasteiger partial charge in [-0.15, -0.1) is 10.2 Å². The zero-order valence-electron chi connectivity index (χ0n) is 12.6. The topological polar surface area (TPSA) is 85.1 Å². The van der Waals surface area contributed by atoms with Crippen LogP contribution >= 0.6 is 11.6 Å². The molecule has 2 aromatic carbocycles. The van der Waals surface area contributed by atoms with Crippen LogP contribution in [0.1, 0.15) is 28.0 Å². The third-order valence-corrected chi connectivity index (χ3v) is 3.45. The number of halogens is 1. The molecule has 0 fully saturated rings. The Morgan fingerprint density at radius 2 is 1.88 bits per heavy atom. The molecule has 0 radical (unpaired) electrons. The summed E-state index contributed by atoms with van der Waals surface area (Å²) < 4.78 is 5.38. The number of hydrogen-bond acceptors (Lipinski definition) is 5. The van der Waals surface area contributed by atoms with E-state index in [1.165, 1.54) is 6.92 Å². The average Bonchev–Trinajstić information content (AvgIpc) is 3.05. The number of ketones is 1. The lowest BCUT2D eigenvalue weighted by atomic mass is 10.1. The first kappa shape index (κ1) is 15.9. The number of hydrogen-bond donors (Lipinski definition) is 1. The van der Waals surface area contributed by atoms with E-state index in [-0.39, 0.29) is 17.6 Å². The minimum Gasteiger partial charge on any atom is -0.412 e. The van der Waals surface area contributed by atoms with Crippen LogP contribution in [0.2, 0.25) is 5.02 Å². The van der Waals surface area contributed by atoms with E-state index in [1.807, 2.05) is 0 Å². The van der Waals surface area contributed by atoms with Gasteiger partial charge in [0.05, 0.1) is 0 Å². The molecule has 1 aromatic heterocycles.